The minimum atomic E-state index is -5.57. The third kappa shape index (κ3) is 3.03. The number of hydrogen-bond donors (Lipinski definition) is 2. The van der Waals surface area contributed by atoms with Crippen molar-refractivity contribution in [3.05, 3.63) is 0 Å². The average Bonchev–Trinajstić information content (AvgIpc) is 1.31. The summed E-state index contributed by atoms with van der Waals surface area (Å²) in [4.78, 5) is 0. The van der Waals surface area contributed by atoms with E-state index >= 15 is 0 Å². The van der Waals surface area contributed by atoms with Crippen molar-refractivity contribution < 1.29 is 19.2 Å². The molecular weight excluding hydrogens is 239 g/mol. The van der Waals surface area contributed by atoms with Gasteiger partial charge in [0.2, 0.25) is 0 Å². The maximum atomic E-state index is 9.52. The number of rotatable bonds is 1. The summed E-state index contributed by atoms with van der Waals surface area (Å²) in [5, 5.41) is -3.49. The van der Waals surface area contributed by atoms with E-state index in [0.717, 1.165) is 0 Å². The van der Waals surface area contributed by atoms with E-state index in [-0.39, 0.29) is 0 Å². The van der Waals surface area contributed by atoms with E-state index in [4.69, 9.17) is 6.94 Å². The van der Waals surface area contributed by atoms with Crippen LogP contribution >= 0.6 is 5.37 Å². The van der Waals surface area contributed by atoms with Crippen LogP contribution in [0.5, 0.6) is 0 Å². The van der Waals surface area contributed by atoms with Gasteiger partial charge in [-0.15, -0.1) is 0 Å². The van der Waals surface area contributed by atoms with Crippen LogP contribution in [0.2, 0.25) is 0 Å². The Bertz CT molecular complexity index is 151. The van der Waals surface area contributed by atoms with Gasteiger partial charge in [0.1, 0.15) is 0 Å². The maximum absolute atomic E-state index is 9.52. The molecule has 0 amide bonds. The van der Waals surface area contributed by atoms with E-state index in [2.05, 4.69) is 0 Å². The molecule has 0 aliphatic carbocycles. The molecule has 44 valence electrons. The van der Waals surface area contributed by atoms with Gasteiger partial charge in [-0.25, -0.2) is 0 Å². The van der Waals surface area contributed by atoms with Crippen LogP contribution in [0.25, 0.3) is 0 Å². The molecule has 0 aromatic heterocycles. The predicted octanol–water partition coefficient (Wildman–Crippen LogP) is -1.26. The molecule has 0 atom stereocenters. The first-order valence-corrected chi connectivity index (χ1v) is 9.03. The third-order valence-electron chi connectivity index (χ3n) is 0.213. The van der Waals surface area contributed by atoms with Gasteiger partial charge in [0.05, 0.1) is 0 Å². The van der Waals surface area contributed by atoms with Crippen molar-refractivity contribution in [3.63, 3.8) is 0 Å². The Labute approximate surface area is 43.4 Å². The van der Waals surface area contributed by atoms with Gasteiger partial charge in [-0.2, -0.15) is 0 Å². The minimum absolute atomic E-state index is 3.49. The standard InChI is InChI=1S/H3O5PTe/c1-6(2)7(3,4)5/h7H,(H2,3,4,5). The fourth-order valence-corrected chi connectivity index (χ4v) is 0. The molecule has 0 saturated carbocycles. The average molecular weight is 242 g/mol. The normalized spacial score (nSPS) is 13.4. The molecule has 2 N–H and O–H groups in total. The third-order valence-corrected chi connectivity index (χ3v) is 4.28. The molecule has 0 aliphatic rings. The second-order valence-electron chi connectivity index (χ2n) is 0.751. The van der Waals surface area contributed by atoms with Crippen LogP contribution in [-0.4, -0.2) is 25.4 Å². The molecule has 0 aromatic rings. The van der Waals surface area contributed by atoms with Crippen LogP contribution in [0.15, 0.2) is 0 Å². The number of hydrogen-bond acceptors (Lipinski definition) is 3. The summed E-state index contributed by atoms with van der Waals surface area (Å²) in [6, 6.07) is 0. The first kappa shape index (κ1) is 7.41. The monoisotopic (exact) mass is 244 g/mol. The van der Waals surface area contributed by atoms with Crippen molar-refractivity contribution in [3.8, 4) is 0 Å². The first-order valence-electron chi connectivity index (χ1n) is 1.15. The molecule has 0 rings (SSSR count). The second kappa shape index (κ2) is 2.12. The summed E-state index contributed by atoms with van der Waals surface area (Å²) in [6.07, 6.45) is 0. The Morgan fingerprint density at radius 2 is 1.43 bits per heavy atom. The van der Waals surface area contributed by atoms with E-state index in [1.807, 2.05) is 0 Å². The van der Waals surface area contributed by atoms with Gasteiger partial charge in [0.15, 0.2) is 0 Å². The van der Waals surface area contributed by atoms with Crippen molar-refractivity contribution >= 4 is 23.8 Å². The van der Waals surface area contributed by atoms with Gasteiger partial charge in [-0.1, -0.05) is 0 Å². The fourth-order valence-electron chi connectivity index (χ4n) is 0. The molecule has 5 nitrogen and oxygen atoms in total. The molecule has 0 bridgehead atoms. The van der Waals surface area contributed by atoms with Gasteiger partial charge in [0.25, 0.3) is 0 Å². The van der Waals surface area contributed by atoms with Crippen LogP contribution in [0, 0.1) is 0 Å². The zero-order valence-electron chi connectivity index (χ0n) is 3.01. The van der Waals surface area contributed by atoms with Gasteiger partial charge in [-0.3, -0.25) is 0 Å². The molecule has 0 fully saturated rings. The SMILES string of the molecule is O=P(=O)[TeH](=O)(O)O. The van der Waals surface area contributed by atoms with Crippen LogP contribution in [0.4, 0.5) is 0 Å². The summed E-state index contributed by atoms with van der Waals surface area (Å²) >= 11 is -5.57. The molecule has 0 heterocycles. The molecule has 0 unspecified atom stereocenters. The van der Waals surface area contributed by atoms with Crippen molar-refractivity contribution in [1.29, 1.82) is 0 Å². The molecule has 0 radical (unpaired) electrons. The summed E-state index contributed by atoms with van der Waals surface area (Å²) in [7, 11) is 0. The Balaban J connectivity index is 4.42. The fraction of sp³-hybridized carbons (Fsp3) is 0. The predicted molar refractivity (Wildman–Crippen MR) is 20.6 cm³/mol. The second-order valence-corrected chi connectivity index (χ2v) is 10.4. The van der Waals surface area contributed by atoms with E-state index < -0.39 is 23.8 Å². The molecule has 0 spiro atoms. The summed E-state index contributed by atoms with van der Waals surface area (Å²) < 4.78 is 43.6. The van der Waals surface area contributed by atoms with Crippen LogP contribution in [0.1, 0.15) is 0 Å². The van der Waals surface area contributed by atoms with E-state index in [0.29, 0.717) is 0 Å². The van der Waals surface area contributed by atoms with Gasteiger partial charge < -0.3 is 0 Å². The van der Waals surface area contributed by atoms with Crippen molar-refractivity contribution in [2.24, 2.45) is 0 Å². The Kier molecular flexibility index (Phi) is 2.24. The van der Waals surface area contributed by atoms with Crippen molar-refractivity contribution in [1.82, 2.24) is 0 Å². The molecule has 0 saturated heterocycles. The van der Waals surface area contributed by atoms with Crippen LogP contribution in [-0.2, 0) is 12.2 Å². The van der Waals surface area contributed by atoms with Gasteiger partial charge >= 0.3 is 43.0 Å². The summed E-state index contributed by atoms with van der Waals surface area (Å²) in [6.45, 7) is 0. The molecule has 0 aromatic carbocycles. The first-order chi connectivity index (χ1) is 2.94. The van der Waals surface area contributed by atoms with Crippen molar-refractivity contribution in [2.45, 2.75) is 0 Å². The van der Waals surface area contributed by atoms with Crippen LogP contribution < -0.4 is 0 Å². The molecule has 0 aliphatic heterocycles. The Hall–Kier alpha value is 0.410. The zero-order valence-corrected chi connectivity index (χ0v) is 6.46. The van der Waals surface area contributed by atoms with E-state index in [1.165, 1.54) is 0 Å². The van der Waals surface area contributed by atoms with E-state index in [1.54, 1.807) is 0 Å². The topological polar surface area (TPSA) is 91.7 Å². The molecular formula is H3O5PTe. The Morgan fingerprint density at radius 3 is 1.43 bits per heavy atom. The quantitative estimate of drug-likeness (QED) is 0.442. The van der Waals surface area contributed by atoms with Gasteiger partial charge in [0, 0.05) is 0 Å². The van der Waals surface area contributed by atoms with Crippen molar-refractivity contribution in [2.75, 3.05) is 0 Å². The molecule has 7 heavy (non-hydrogen) atoms. The van der Waals surface area contributed by atoms with Gasteiger partial charge in [-0.05, 0) is 0 Å². The zero-order chi connectivity index (χ0) is 6.08. The Morgan fingerprint density at radius 1 is 1.29 bits per heavy atom. The summed E-state index contributed by atoms with van der Waals surface area (Å²) in [5.74, 6) is 0. The molecule has 7 heteroatoms. The van der Waals surface area contributed by atoms with E-state index in [9.17, 15) is 12.2 Å². The van der Waals surface area contributed by atoms with Crippen LogP contribution in [0.3, 0.4) is 0 Å². The summed E-state index contributed by atoms with van der Waals surface area (Å²) in [5.41, 5.74) is 0.